The number of hydrogen-bond acceptors (Lipinski definition) is 5. The van der Waals surface area contributed by atoms with Crippen LogP contribution in [0.15, 0.2) is 12.1 Å². The molecule has 22 heavy (non-hydrogen) atoms. The molecule has 0 amide bonds. The van der Waals surface area contributed by atoms with E-state index in [4.69, 9.17) is 18.9 Å². The van der Waals surface area contributed by atoms with Gasteiger partial charge < -0.3 is 18.9 Å². The van der Waals surface area contributed by atoms with Crippen molar-refractivity contribution in [2.45, 2.75) is 31.8 Å². The lowest BCUT2D eigenvalue weighted by molar-refractivity contribution is 0.000771. The zero-order chi connectivity index (χ0) is 15.7. The van der Waals surface area contributed by atoms with Crippen LogP contribution in [-0.4, -0.2) is 39.0 Å². The van der Waals surface area contributed by atoms with Crippen molar-refractivity contribution in [1.29, 1.82) is 0 Å². The Kier molecular flexibility index (Phi) is 4.00. The molecule has 1 aliphatic carbocycles. The summed E-state index contributed by atoms with van der Waals surface area (Å²) in [6, 6.07) is 3.42. The van der Waals surface area contributed by atoms with Gasteiger partial charge in [0.15, 0.2) is 0 Å². The summed E-state index contributed by atoms with van der Waals surface area (Å²) >= 11 is 0. The Balaban J connectivity index is 1.80. The molecule has 0 N–H and O–H groups in total. The minimum Gasteiger partial charge on any atom is -0.496 e. The molecule has 0 bridgehead atoms. The molecule has 1 aromatic carbocycles. The zero-order valence-electron chi connectivity index (χ0n) is 13.3. The predicted octanol–water partition coefficient (Wildman–Crippen LogP) is 2.74. The first-order valence-corrected chi connectivity index (χ1v) is 7.63. The van der Waals surface area contributed by atoms with Gasteiger partial charge in [-0.1, -0.05) is 0 Å². The third-order valence-corrected chi connectivity index (χ3v) is 4.70. The van der Waals surface area contributed by atoms with E-state index in [2.05, 4.69) is 0 Å². The summed E-state index contributed by atoms with van der Waals surface area (Å²) in [5.41, 5.74) is 1.01. The van der Waals surface area contributed by atoms with Crippen molar-refractivity contribution < 1.29 is 23.7 Å². The quantitative estimate of drug-likeness (QED) is 0.783. The van der Waals surface area contributed by atoms with Crippen LogP contribution in [0.4, 0.5) is 0 Å². The fourth-order valence-electron chi connectivity index (χ4n) is 3.11. The summed E-state index contributed by atoms with van der Waals surface area (Å²) in [7, 11) is 3.16. The van der Waals surface area contributed by atoms with Crippen molar-refractivity contribution in [2.75, 3.05) is 27.4 Å². The van der Waals surface area contributed by atoms with Crippen molar-refractivity contribution in [3.8, 4) is 11.5 Å². The van der Waals surface area contributed by atoms with Crippen molar-refractivity contribution >= 4 is 5.97 Å². The first-order valence-electron chi connectivity index (χ1n) is 7.63. The molecular formula is C17H22O5. The Morgan fingerprint density at radius 3 is 2.32 bits per heavy atom. The molecule has 1 aromatic rings. The molecule has 3 rings (SSSR count). The molecule has 1 aliphatic heterocycles. The fraction of sp³-hybridized carbons (Fsp3) is 0.588. The standard InChI is InChI=1S/C17H22O5/c1-11-14(19-2)8-12(9-15(11)20-3)16(18)22-17(5-6-17)13-4-7-21-10-13/h8-9,13H,4-7,10H2,1-3H3. The van der Waals surface area contributed by atoms with Gasteiger partial charge >= 0.3 is 5.97 Å². The van der Waals surface area contributed by atoms with Crippen molar-refractivity contribution in [3.63, 3.8) is 0 Å². The molecule has 120 valence electrons. The SMILES string of the molecule is COc1cc(C(=O)OC2(C3CCOC3)CC2)cc(OC)c1C. The molecule has 1 heterocycles. The van der Waals surface area contributed by atoms with Crippen molar-refractivity contribution in [2.24, 2.45) is 5.92 Å². The number of carbonyl (C=O) groups excluding carboxylic acids is 1. The third-order valence-electron chi connectivity index (χ3n) is 4.70. The monoisotopic (exact) mass is 306 g/mol. The number of esters is 1. The van der Waals surface area contributed by atoms with Crippen LogP contribution in [0.1, 0.15) is 35.2 Å². The van der Waals surface area contributed by atoms with E-state index < -0.39 is 0 Å². The molecule has 5 heteroatoms. The van der Waals surface area contributed by atoms with Crippen LogP contribution in [0.5, 0.6) is 11.5 Å². The molecule has 1 unspecified atom stereocenters. The lowest BCUT2D eigenvalue weighted by Crippen LogP contribution is -2.29. The highest BCUT2D eigenvalue weighted by atomic mass is 16.6. The van der Waals surface area contributed by atoms with Gasteiger partial charge in [0.1, 0.15) is 17.1 Å². The molecule has 0 radical (unpaired) electrons. The smallest absolute Gasteiger partial charge is 0.338 e. The second kappa shape index (κ2) is 5.80. The maximum Gasteiger partial charge on any atom is 0.338 e. The van der Waals surface area contributed by atoms with Gasteiger partial charge in [-0.05, 0) is 38.3 Å². The van der Waals surface area contributed by atoms with Crippen LogP contribution in [0, 0.1) is 12.8 Å². The van der Waals surface area contributed by atoms with Gasteiger partial charge in [0.05, 0.1) is 26.4 Å². The first-order chi connectivity index (χ1) is 10.6. The summed E-state index contributed by atoms with van der Waals surface area (Å²) in [6.07, 6.45) is 2.81. The van der Waals surface area contributed by atoms with Gasteiger partial charge in [-0.15, -0.1) is 0 Å². The van der Waals surface area contributed by atoms with Crippen molar-refractivity contribution in [3.05, 3.63) is 23.3 Å². The van der Waals surface area contributed by atoms with E-state index in [1.807, 2.05) is 6.92 Å². The summed E-state index contributed by atoms with van der Waals surface area (Å²) in [5, 5.41) is 0. The van der Waals surface area contributed by atoms with E-state index in [-0.39, 0.29) is 11.6 Å². The van der Waals surface area contributed by atoms with Gasteiger partial charge in [-0.3, -0.25) is 0 Å². The number of rotatable bonds is 5. The highest BCUT2D eigenvalue weighted by molar-refractivity contribution is 5.91. The van der Waals surface area contributed by atoms with E-state index in [0.717, 1.165) is 31.4 Å². The molecule has 1 saturated carbocycles. The van der Waals surface area contributed by atoms with Crippen LogP contribution in [-0.2, 0) is 9.47 Å². The number of methoxy groups -OCH3 is 2. The summed E-state index contributed by atoms with van der Waals surface area (Å²) < 4.78 is 21.9. The van der Waals surface area contributed by atoms with Crippen LogP contribution in [0.2, 0.25) is 0 Å². The van der Waals surface area contributed by atoms with E-state index in [1.165, 1.54) is 0 Å². The van der Waals surface area contributed by atoms with Crippen LogP contribution in [0.3, 0.4) is 0 Å². The van der Waals surface area contributed by atoms with Crippen molar-refractivity contribution in [1.82, 2.24) is 0 Å². The fourth-order valence-corrected chi connectivity index (χ4v) is 3.11. The number of carbonyl (C=O) groups is 1. The molecular weight excluding hydrogens is 284 g/mol. The molecule has 1 atom stereocenters. The second-order valence-corrected chi connectivity index (χ2v) is 6.02. The first kappa shape index (κ1) is 15.2. The van der Waals surface area contributed by atoms with Gasteiger partial charge in [0.25, 0.3) is 0 Å². The Bertz CT molecular complexity index is 545. The third kappa shape index (κ3) is 2.65. The van der Waals surface area contributed by atoms with E-state index in [0.29, 0.717) is 29.6 Å². The summed E-state index contributed by atoms with van der Waals surface area (Å²) in [6.45, 7) is 3.34. The molecule has 0 aromatic heterocycles. The maximum atomic E-state index is 12.5. The summed E-state index contributed by atoms with van der Waals surface area (Å²) in [5.74, 6) is 1.26. The van der Waals surface area contributed by atoms with Gasteiger partial charge in [-0.25, -0.2) is 4.79 Å². The highest BCUT2D eigenvalue weighted by Crippen LogP contribution is 2.49. The molecule has 2 aliphatic rings. The lowest BCUT2D eigenvalue weighted by Gasteiger charge is -2.22. The topological polar surface area (TPSA) is 54.0 Å². The zero-order valence-corrected chi connectivity index (χ0v) is 13.3. The summed E-state index contributed by atoms with van der Waals surface area (Å²) in [4.78, 5) is 12.5. The average molecular weight is 306 g/mol. The Labute approximate surface area is 130 Å². The number of benzene rings is 1. The Hall–Kier alpha value is -1.75. The lowest BCUT2D eigenvalue weighted by atomic mass is 9.99. The van der Waals surface area contributed by atoms with Gasteiger partial charge in [-0.2, -0.15) is 0 Å². The molecule has 0 spiro atoms. The number of ether oxygens (including phenoxy) is 4. The van der Waals surface area contributed by atoms with Crippen LogP contribution < -0.4 is 9.47 Å². The average Bonchev–Trinajstić information content (AvgIpc) is 3.09. The molecule has 5 nitrogen and oxygen atoms in total. The van der Waals surface area contributed by atoms with E-state index in [9.17, 15) is 4.79 Å². The predicted molar refractivity (Wildman–Crippen MR) is 80.6 cm³/mol. The van der Waals surface area contributed by atoms with Gasteiger partial charge in [0, 0.05) is 18.1 Å². The van der Waals surface area contributed by atoms with Crippen LogP contribution >= 0.6 is 0 Å². The van der Waals surface area contributed by atoms with Gasteiger partial charge in [0.2, 0.25) is 0 Å². The normalized spacial score (nSPS) is 22.2. The van der Waals surface area contributed by atoms with E-state index in [1.54, 1.807) is 26.4 Å². The highest BCUT2D eigenvalue weighted by Gasteiger charge is 2.54. The van der Waals surface area contributed by atoms with Crippen LogP contribution in [0.25, 0.3) is 0 Å². The Morgan fingerprint density at radius 1 is 1.23 bits per heavy atom. The maximum absolute atomic E-state index is 12.5. The van der Waals surface area contributed by atoms with E-state index >= 15 is 0 Å². The Morgan fingerprint density at radius 2 is 1.86 bits per heavy atom. The minimum atomic E-state index is -0.320. The molecule has 2 fully saturated rings. The largest absolute Gasteiger partial charge is 0.496 e. The molecule has 1 saturated heterocycles. The number of hydrogen-bond donors (Lipinski definition) is 0. The minimum absolute atomic E-state index is 0.319. The second-order valence-electron chi connectivity index (χ2n) is 6.02.